The van der Waals surface area contributed by atoms with Gasteiger partial charge in [0.1, 0.15) is 0 Å². The van der Waals surface area contributed by atoms with Crippen LogP contribution >= 0.6 is 0 Å². The SMILES string of the molecule is COC(=O)c1ccccc1CC1CCCNC1. The zero-order valence-corrected chi connectivity index (χ0v) is 10.2. The van der Waals surface area contributed by atoms with Crippen molar-refractivity contribution in [2.75, 3.05) is 20.2 Å². The molecule has 1 unspecified atom stereocenters. The second kappa shape index (κ2) is 5.82. The van der Waals surface area contributed by atoms with Crippen LogP contribution in [0.25, 0.3) is 0 Å². The quantitative estimate of drug-likeness (QED) is 0.812. The van der Waals surface area contributed by atoms with E-state index in [0.717, 1.165) is 25.1 Å². The van der Waals surface area contributed by atoms with E-state index in [4.69, 9.17) is 4.74 Å². The zero-order chi connectivity index (χ0) is 12.1. The van der Waals surface area contributed by atoms with Gasteiger partial charge in [0.15, 0.2) is 0 Å². The highest BCUT2D eigenvalue weighted by atomic mass is 16.5. The molecule has 92 valence electrons. The van der Waals surface area contributed by atoms with Crippen molar-refractivity contribution in [1.82, 2.24) is 5.32 Å². The topological polar surface area (TPSA) is 38.3 Å². The van der Waals surface area contributed by atoms with Gasteiger partial charge in [0.2, 0.25) is 0 Å². The van der Waals surface area contributed by atoms with Gasteiger partial charge >= 0.3 is 5.97 Å². The minimum Gasteiger partial charge on any atom is -0.465 e. The largest absolute Gasteiger partial charge is 0.465 e. The number of carbonyl (C=O) groups excluding carboxylic acids is 1. The molecule has 0 saturated carbocycles. The van der Waals surface area contributed by atoms with Crippen LogP contribution < -0.4 is 5.32 Å². The minimum atomic E-state index is -0.232. The molecule has 1 fully saturated rings. The average Bonchev–Trinajstić information content (AvgIpc) is 2.40. The Kier molecular flexibility index (Phi) is 4.15. The van der Waals surface area contributed by atoms with Crippen molar-refractivity contribution in [1.29, 1.82) is 0 Å². The summed E-state index contributed by atoms with van der Waals surface area (Å²) in [6.07, 6.45) is 3.42. The number of nitrogens with one attached hydrogen (secondary N) is 1. The van der Waals surface area contributed by atoms with E-state index in [1.807, 2.05) is 24.3 Å². The molecule has 2 rings (SSSR count). The van der Waals surface area contributed by atoms with Crippen molar-refractivity contribution in [3.63, 3.8) is 0 Å². The Balaban J connectivity index is 2.11. The monoisotopic (exact) mass is 233 g/mol. The second-order valence-electron chi connectivity index (χ2n) is 4.57. The highest BCUT2D eigenvalue weighted by Crippen LogP contribution is 2.19. The van der Waals surface area contributed by atoms with E-state index in [1.165, 1.54) is 20.0 Å². The molecular formula is C14H19NO2. The lowest BCUT2D eigenvalue weighted by molar-refractivity contribution is 0.0599. The lowest BCUT2D eigenvalue weighted by Crippen LogP contribution is -2.31. The first kappa shape index (κ1) is 12.1. The molecule has 1 saturated heterocycles. The number of esters is 1. The van der Waals surface area contributed by atoms with Crippen LogP contribution in [0.3, 0.4) is 0 Å². The molecule has 1 aromatic carbocycles. The van der Waals surface area contributed by atoms with Crippen molar-refractivity contribution >= 4 is 5.97 Å². The summed E-state index contributed by atoms with van der Waals surface area (Å²) in [6, 6.07) is 7.74. The molecule has 0 bridgehead atoms. The molecule has 0 radical (unpaired) electrons. The maximum atomic E-state index is 11.6. The van der Waals surface area contributed by atoms with E-state index in [9.17, 15) is 4.79 Å². The van der Waals surface area contributed by atoms with Crippen LogP contribution in [0.2, 0.25) is 0 Å². The smallest absolute Gasteiger partial charge is 0.338 e. The van der Waals surface area contributed by atoms with Gasteiger partial charge in [-0.3, -0.25) is 0 Å². The predicted octanol–water partition coefficient (Wildman–Crippen LogP) is 2.02. The maximum absolute atomic E-state index is 11.6. The number of methoxy groups -OCH3 is 1. The van der Waals surface area contributed by atoms with Crippen LogP contribution in [0.15, 0.2) is 24.3 Å². The highest BCUT2D eigenvalue weighted by Gasteiger charge is 2.17. The molecule has 1 N–H and O–H groups in total. The molecule has 1 atom stereocenters. The number of piperidine rings is 1. The number of ether oxygens (including phenoxy) is 1. The Morgan fingerprint density at radius 2 is 2.29 bits per heavy atom. The Morgan fingerprint density at radius 3 is 3.00 bits per heavy atom. The lowest BCUT2D eigenvalue weighted by Gasteiger charge is -2.23. The molecule has 1 heterocycles. The van der Waals surface area contributed by atoms with Crippen molar-refractivity contribution in [3.05, 3.63) is 35.4 Å². The summed E-state index contributed by atoms with van der Waals surface area (Å²) in [5.41, 5.74) is 1.81. The van der Waals surface area contributed by atoms with Crippen LogP contribution in [-0.4, -0.2) is 26.2 Å². The maximum Gasteiger partial charge on any atom is 0.338 e. The molecule has 3 heteroatoms. The first-order chi connectivity index (χ1) is 8.31. The van der Waals surface area contributed by atoms with Crippen molar-refractivity contribution in [3.8, 4) is 0 Å². The fourth-order valence-electron chi connectivity index (χ4n) is 2.42. The number of carbonyl (C=O) groups is 1. The van der Waals surface area contributed by atoms with Crippen molar-refractivity contribution < 1.29 is 9.53 Å². The fraction of sp³-hybridized carbons (Fsp3) is 0.500. The number of rotatable bonds is 3. The van der Waals surface area contributed by atoms with Crippen LogP contribution in [-0.2, 0) is 11.2 Å². The van der Waals surface area contributed by atoms with E-state index in [-0.39, 0.29) is 5.97 Å². The molecule has 0 aliphatic carbocycles. The van der Waals surface area contributed by atoms with Gasteiger partial charge in [-0.2, -0.15) is 0 Å². The van der Waals surface area contributed by atoms with Crippen LogP contribution in [0.1, 0.15) is 28.8 Å². The summed E-state index contributed by atoms with van der Waals surface area (Å²) in [5, 5.41) is 3.40. The third-order valence-corrected chi connectivity index (χ3v) is 3.33. The Bertz CT molecular complexity index is 384. The third kappa shape index (κ3) is 3.07. The molecule has 1 aliphatic heterocycles. The predicted molar refractivity (Wildman–Crippen MR) is 67.1 cm³/mol. The second-order valence-corrected chi connectivity index (χ2v) is 4.57. The Hall–Kier alpha value is -1.35. The van der Waals surface area contributed by atoms with Crippen LogP contribution in [0.4, 0.5) is 0 Å². The van der Waals surface area contributed by atoms with Crippen LogP contribution in [0.5, 0.6) is 0 Å². The molecule has 0 amide bonds. The fourth-order valence-corrected chi connectivity index (χ4v) is 2.42. The van der Waals surface area contributed by atoms with E-state index in [0.29, 0.717) is 11.5 Å². The van der Waals surface area contributed by atoms with Crippen LogP contribution in [0, 0.1) is 5.92 Å². The first-order valence-corrected chi connectivity index (χ1v) is 6.18. The Morgan fingerprint density at radius 1 is 1.47 bits per heavy atom. The number of hydrogen-bond acceptors (Lipinski definition) is 3. The molecule has 0 spiro atoms. The van der Waals surface area contributed by atoms with E-state index in [1.54, 1.807) is 0 Å². The van der Waals surface area contributed by atoms with E-state index >= 15 is 0 Å². The van der Waals surface area contributed by atoms with Gasteiger partial charge in [-0.05, 0) is 49.9 Å². The molecule has 0 aromatic heterocycles. The molecular weight excluding hydrogens is 214 g/mol. The summed E-state index contributed by atoms with van der Waals surface area (Å²) >= 11 is 0. The zero-order valence-electron chi connectivity index (χ0n) is 10.2. The molecule has 1 aliphatic rings. The molecule has 17 heavy (non-hydrogen) atoms. The number of benzene rings is 1. The Labute approximate surface area is 102 Å². The first-order valence-electron chi connectivity index (χ1n) is 6.18. The van der Waals surface area contributed by atoms with Gasteiger partial charge in [-0.15, -0.1) is 0 Å². The summed E-state index contributed by atoms with van der Waals surface area (Å²) in [5.74, 6) is 0.402. The summed E-state index contributed by atoms with van der Waals surface area (Å²) in [4.78, 5) is 11.6. The van der Waals surface area contributed by atoms with E-state index in [2.05, 4.69) is 5.32 Å². The molecule has 3 nitrogen and oxygen atoms in total. The molecule has 1 aromatic rings. The minimum absolute atomic E-state index is 0.232. The highest BCUT2D eigenvalue weighted by molar-refractivity contribution is 5.90. The van der Waals surface area contributed by atoms with Gasteiger partial charge in [0.25, 0.3) is 0 Å². The van der Waals surface area contributed by atoms with Gasteiger partial charge < -0.3 is 10.1 Å². The van der Waals surface area contributed by atoms with Gasteiger partial charge in [0.05, 0.1) is 12.7 Å². The van der Waals surface area contributed by atoms with Gasteiger partial charge in [-0.25, -0.2) is 4.79 Å². The summed E-state index contributed by atoms with van der Waals surface area (Å²) in [7, 11) is 1.43. The number of hydrogen-bond donors (Lipinski definition) is 1. The standard InChI is InChI=1S/C14H19NO2/c1-17-14(16)13-7-3-2-6-12(13)9-11-5-4-8-15-10-11/h2-3,6-7,11,15H,4-5,8-10H2,1H3. The summed E-state index contributed by atoms with van der Waals surface area (Å²) < 4.78 is 4.81. The van der Waals surface area contributed by atoms with Crippen molar-refractivity contribution in [2.24, 2.45) is 5.92 Å². The van der Waals surface area contributed by atoms with Crippen molar-refractivity contribution in [2.45, 2.75) is 19.3 Å². The van der Waals surface area contributed by atoms with Gasteiger partial charge in [-0.1, -0.05) is 18.2 Å². The summed E-state index contributed by atoms with van der Waals surface area (Å²) in [6.45, 7) is 2.17. The third-order valence-electron chi connectivity index (χ3n) is 3.33. The van der Waals surface area contributed by atoms with Gasteiger partial charge in [0, 0.05) is 0 Å². The van der Waals surface area contributed by atoms with E-state index < -0.39 is 0 Å². The normalized spacial score (nSPS) is 19.9. The average molecular weight is 233 g/mol. The lowest BCUT2D eigenvalue weighted by atomic mass is 9.90.